The van der Waals surface area contributed by atoms with Gasteiger partial charge in [0, 0.05) is 5.02 Å². The van der Waals surface area contributed by atoms with Gasteiger partial charge in [0.15, 0.2) is 0 Å². The summed E-state index contributed by atoms with van der Waals surface area (Å²) in [6.45, 7) is 4.23. The summed E-state index contributed by atoms with van der Waals surface area (Å²) in [6, 6.07) is 10.2. The van der Waals surface area contributed by atoms with Crippen LogP contribution in [0.15, 0.2) is 24.3 Å². The van der Waals surface area contributed by atoms with E-state index in [2.05, 4.69) is 19.9 Å². The molecule has 0 fully saturated rings. The van der Waals surface area contributed by atoms with E-state index >= 15 is 0 Å². The summed E-state index contributed by atoms with van der Waals surface area (Å²) in [7, 11) is 0. The third-order valence-corrected chi connectivity index (χ3v) is 3.18. The molecule has 0 heterocycles. The van der Waals surface area contributed by atoms with Gasteiger partial charge in [-0.05, 0) is 30.5 Å². The van der Waals surface area contributed by atoms with E-state index in [0.29, 0.717) is 5.02 Å². The molecule has 0 aliphatic carbocycles. The zero-order chi connectivity index (χ0) is 12.0. The second kappa shape index (κ2) is 5.92. The normalized spacial score (nSPS) is 11.1. The predicted octanol–water partition coefficient (Wildman–Crippen LogP) is 4.70. The molecule has 1 aromatic carbocycles. The standard InChI is InChI=1S/C14H18ClN/c1-3-8-14(11-16,9-4-2)12-6-5-7-13(15)10-12/h5-7,10H,3-4,8-9H2,1-2H3. The Morgan fingerprint density at radius 3 is 2.31 bits per heavy atom. The first-order valence-corrected chi connectivity index (χ1v) is 6.23. The number of hydrogen-bond acceptors (Lipinski definition) is 1. The van der Waals surface area contributed by atoms with Gasteiger partial charge in [-0.3, -0.25) is 0 Å². The molecule has 0 amide bonds. The first-order chi connectivity index (χ1) is 7.68. The Bertz CT molecular complexity index is 373. The summed E-state index contributed by atoms with van der Waals surface area (Å²) in [4.78, 5) is 0. The maximum atomic E-state index is 9.49. The zero-order valence-corrected chi connectivity index (χ0v) is 10.7. The summed E-state index contributed by atoms with van der Waals surface area (Å²) in [5.41, 5.74) is 0.709. The highest BCUT2D eigenvalue weighted by Crippen LogP contribution is 2.34. The summed E-state index contributed by atoms with van der Waals surface area (Å²) >= 11 is 6.00. The minimum Gasteiger partial charge on any atom is -0.197 e. The molecule has 0 saturated carbocycles. The quantitative estimate of drug-likeness (QED) is 0.726. The van der Waals surface area contributed by atoms with Crippen molar-refractivity contribution in [3.63, 3.8) is 0 Å². The molecule has 86 valence electrons. The van der Waals surface area contributed by atoms with Crippen LogP contribution in [-0.2, 0) is 5.41 Å². The van der Waals surface area contributed by atoms with Crippen molar-refractivity contribution in [3.8, 4) is 6.07 Å². The molecule has 1 rings (SSSR count). The molecule has 0 unspecified atom stereocenters. The molecule has 0 aromatic heterocycles. The van der Waals surface area contributed by atoms with E-state index in [9.17, 15) is 5.26 Å². The minimum absolute atomic E-state index is 0.353. The van der Waals surface area contributed by atoms with Crippen molar-refractivity contribution in [3.05, 3.63) is 34.9 Å². The number of benzene rings is 1. The van der Waals surface area contributed by atoms with Crippen molar-refractivity contribution in [2.24, 2.45) is 0 Å². The van der Waals surface area contributed by atoms with Gasteiger partial charge in [-0.25, -0.2) is 0 Å². The van der Waals surface area contributed by atoms with Gasteiger partial charge in [0.2, 0.25) is 0 Å². The van der Waals surface area contributed by atoms with Crippen LogP contribution in [0.2, 0.25) is 5.02 Å². The largest absolute Gasteiger partial charge is 0.197 e. The third-order valence-electron chi connectivity index (χ3n) is 2.94. The lowest BCUT2D eigenvalue weighted by Gasteiger charge is -2.26. The number of halogens is 1. The molecule has 0 radical (unpaired) electrons. The van der Waals surface area contributed by atoms with Crippen LogP contribution in [0.4, 0.5) is 0 Å². The average molecular weight is 236 g/mol. The van der Waals surface area contributed by atoms with Gasteiger partial charge in [-0.2, -0.15) is 5.26 Å². The first kappa shape index (κ1) is 13.1. The SMILES string of the molecule is CCCC(C#N)(CCC)c1cccc(Cl)c1. The van der Waals surface area contributed by atoms with E-state index in [1.807, 2.05) is 24.3 Å². The lowest BCUT2D eigenvalue weighted by atomic mass is 9.75. The van der Waals surface area contributed by atoms with Crippen LogP contribution in [-0.4, -0.2) is 0 Å². The van der Waals surface area contributed by atoms with Gasteiger partial charge in [-0.1, -0.05) is 50.4 Å². The van der Waals surface area contributed by atoms with Gasteiger partial charge in [0.05, 0.1) is 11.5 Å². The molecule has 0 N–H and O–H groups in total. The fraction of sp³-hybridized carbons (Fsp3) is 0.500. The highest BCUT2D eigenvalue weighted by atomic mass is 35.5. The van der Waals surface area contributed by atoms with Crippen LogP contribution in [0.5, 0.6) is 0 Å². The van der Waals surface area contributed by atoms with Gasteiger partial charge >= 0.3 is 0 Å². The van der Waals surface area contributed by atoms with Gasteiger partial charge in [0.25, 0.3) is 0 Å². The molecule has 1 nitrogen and oxygen atoms in total. The Morgan fingerprint density at radius 2 is 1.88 bits per heavy atom. The number of nitrogens with zero attached hydrogens (tertiary/aromatic N) is 1. The van der Waals surface area contributed by atoms with Gasteiger partial charge < -0.3 is 0 Å². The Hall–Kier alpha value is -1.00. The molecule has 0 bridgehead atoms. The van der Waals surface area contributed by atoms with Crippen LogP contribution in [0.3, 0.4) is 0 Å². The van der Waals surface area contributed by atoms with Crippen molar-refractivity contribution in [1.82, 2.24) is 0 Å². The Labute approximate surface area is 103 Å². The van der Waals surface area contributed by atoms with E-state index < -0.39 is 0 Å². The Morgan fingerprint density at radius 1 is 1.25 bits per heavy atom. The van der Waals surface area contributed by atoms with Crippen molar-refractivity contribution >= 4 is 11.6 Å². The van der Waals surface area contributed by atoms with Crippen LogP contribution >= 0.6 is 11.6 Å². The number of rotatable bonds is 5. The summed E-state index contributed by atoms with van der Waals surface area (Å²) in [6.07, 6.45) is 3.83. The van der Waals surface area contributed by atoms with Crippen LogP contribution in [0.1, 0.15) is 45.1 Å². The predicted molar refractivity (Wildman–Crippen MR) is 68.6 cm³/mol. The van der Waals surface area contributed by atoms with E-state index in [1.165, 1.54) is 0 Å². The Kier molecular flexibility index (Phi) is 4.83. The first-order valence-electron chi connectivity index (χ1n) is 5.86. The molecule has 0 atom stereocenters. The van der Waals surface area contributed by atoms with E-state index in [0.717, 1.165) is 31.2 Å². The molecular formula is C14H18ClN. The fourth-order valence-electron chi connectivity index (χ4n) is 2.23. The molecule has 2 heteroatoms. The highest BCUT2D eigenvalue weighted by molar-refractivity contribution is 6.30. The van der Waals surface area contributed by atoms with Crippen molar-refractivity contribution < 1.29 is 0 Å². The molecule has 0 aliphatic heterocycles. The third kappa shape index (κ3) is 2.77. The highest BCUT2D eigenvalue weighted by Gasteiger charge is 2.30. The Balaban J connectivity index is 3.14. The van der Waals surface area contributed by atoms with Gasteiger partial charge in [-0.15, -0.1) is 0 Å². The smallest absolute Gasteiger partial charge is 0.0822 e. The van der Waals surface area contributed by atoms with Crippen LogP contribution in [0, 0.1) is 11.3 Å². The maximum Gasteiger partial charge on any atom is 0.0822 e. The molecule has 1 aromatic rings. The molecule has 0 aliphatic rings. The monoisotopic (exact) mass is 235 g/mol. The minimum atomic E-state index is -0.353. The number of nitriles is 1. The van der Waals surface area contributed by atoms with Crippen molar-refractivity contribution in [1.29, 1.82) is 5.26 Å². The lowest BCUT2D eigenvalue weighted by molar-refractivity contribution is 0.453. The average Bonchev–Trinajstić information content (AvgIpc) is 2.28. The summed E-state index contributed by atoms with van der Waals surface area (Å²) in [5.74, 6) is 0. The van der Waals surface area contributed by atoms with E-state index in [4.69, 9.17) is 11.6 Å². The van der Waals surface area contributed by atoms with Crippen LogP contribution < -0.4 is 0 Å². The fourth-order valence-corrected chi connectivity index (χ4v) is 2.42. The molecule has 0 spiro atoms. The van der Waals surface area contributed by atoms with Crippen molar-refractivity contribution in [2.45, 2.75) is 44.9 Å². The van der Waals surface area contributed by atoms with E-state index in [1.54, 1.807) is 0 Å². The summed E-state index contributed by atoms with van der Waals surface area (Å²) < 4.78 is 0. The summed E-state index contributed by atoms with van der Waals surface area (Å²) in [5, 5.41) is 10.2. The molecule has 16 heavy (non-hydrogen) atoms. The van der Waals surface area contributed by atoms with Gasteiger partial charge in [0.1, 0.15) is 0 Å². The van der Waals surface area contributed by atoms with E-state index in [-0.39, 0.29) is 5.41 Å². The van der Waals surface area contributed by atoms with Crippen molar-refractivity contribution in [2.75, 3.05) is 0 Å². The molecule has 0 saturated heterocycles. The second-order valence-electron chi connectivity index (χ2n) is 4.20. The maximum absolute atomic E-state index is 9.49. The zero-order valence-electron chi connectivity index (χ0n) is 9.96. The topological polar surface area (TPSA) is 23.8 Å². The lowest BCUT2D eigenvalue weighted by Crippen LogP contribution is -2.23. The van der Waals surface area contributed by atoms with Crippen LogP contribution in [0.25, 0.3) is 0 Å². The number of hydrogen-bond donors (Lipinski definition) is 0. The molecular weight excluding hydrogens is 218 g/mol. The second-order valence-corrected chi connectivity index (χ2v) is 4.64.